The third kappa shape index (κ3) is 2.22. The summed E-state index contributed by atoms with van der Waals surface area (Å²) in [6.45, 7) is 2.14. The largest absolute Gasteiger partial charge is 0.207 e. The number of halogens is 3. The van der Waals surface area contributed by atoms with Crippen LogP contribution in [0.15, 0.2) is 18.2 Å². The Bertz CT molecular complexity index is 352. The third-order valence-electron chi connectivity index (χ3n) is 3.24. The first-order valence-corrected chi connectivity index (χ1v) is 6.01. The third-order valence-corrected chi connectivity index (χ3v) is 4.67. The van der Waals surface area contributed by atoms with E-state index in [-0.39, 0.29) is 15.8 Å². The molecular formula is C12H13BrF2. The lowest BCUT2D eigenvalue weighted by atomic mass is 9.98. The molecule has 0 amide bonds. The van der Waals surface area contributed by atoms with E-state index in [1.165, 1.54) is 18.2 Å². The summed E-state index contributed by atoms with van der Waals surface area (Å²) < 4.78 is 26.7. The normalized spacial score (nSPS) is 20.0. The number of alkyl halides is 1. The molecule has 3 heteroatoms. The van der Waals surface area contributed by atoms with Crippen LogP contribution in [0.5, 0.6) is 0 Å². The summed E-state index contributed by atoms with van der Waals surface area (Å²) in [4.78, 5) is 0.163. The molecule has 0 bridgehead atoms. The van der Waals surface area contributed by atoms with Gasteiger partial charge in [-0.15, -0.1) is 0 Å². The second kappa shape index (κ2) is 3.85. The average Bonchev–Trinajstić information content (AvgIpc) is 2.91. The zero-order valence-corrected chi connectivity index (χ0v) is 10.2. The Morgan fingerprint density at radius 1 is 1.33 bits per heavy atom. The molecule has 1 atom stereocenters. The second-order valence-electron chi connectivity index (χ2n) is 4.53. The molecule has 1 aromatic carbocycles. The van der Waals surface area contributed by atoms with Crippen molar-refractivity contribution in [3.63, 3.8) is 0 Å². The number of benzene rings is 1. The Kier molecular flexibility index (Phi) is 2.84. The summed E-state index contributed by atoms with van der Waals surface area (Å²) in [5, 5.41) is 0. The van der Waals surface area contributed by atoms with Crippen LogP contribution in [-0.4, -0.2) is 4.83 Å². The van der Waals surface area contributed by atoms with Crippen molar-refractivity contribution in [3.8, 4) is 0 Å². The second-order valence-corrected chi connectivity index (χ2v) is 5.63. The van der Waals surface area contributed by atoms with Gasteiger partial charge < -0.3 is 0 Å². The highest BCUT2D eigenvalue weighted by Crippen LogP contribution is 2.52. The molecule has 1 aliphatic carbocycles. The topological polar surface area (TPSA) is 0 Å². The van der Waals surface area contributed by atoms with E-state index >= 15 is 0 Å². The van der Waals surface area contributed by atoms with Gasteiger partial charge in [-0.2, -0.15) is 0 Å². The van der Waals surface area contributed by atoms with Gasteiger partial charge in [0.2, 0.25) is 0 Å². The maximum absolute atomic E-state index is 13.4. The van der Waals surface area contributed by atoms with Crippen LogP contribution in [0, 0.1) is 17.0 Å². The van der Waals surface area contributed by atoms with E-state index in [9.17, 15) is 8.78 Å². The molecule has 2 rings (SSSR count). The molecule has 0 nitrogen and oxygen atoms in total. The molecule has 1 aromatic rings. The Morgan fingerprint density at radius 2 is 1.87 bits per heavy atom. The standard InChI is InChI=1S/C12H13BrF2/c1-12(5-6-12)11(13)7-8-9(14)3-2-4-10(8)15/h2-4,11H,5-7H2,1H3. The van der Waals surface area contributed by atoms with E-state index in [2.05, 4.69) is 22.9 Å². The number of hydrogen-bond donors (Lipinski definition) is 0. The molecule has 0 radical (unpaired) electrons. The van der Waals surface area contributed by atoms with Crippen molar-refractivity contribution in [2.45, 2.75) is 31.0 Å². The first-order chi connectivity index (χ1) is 7.03. The van der Waals surface area contributed by atoms with Crippen LogP contribution in [0.25, 0.3) is 0 Å². The first-order valence-electron chi connectivity index (χ1n) is 5.10. The molecule has 1 saturated carbocycles. The van der Waals surface area contributed by atoms with Gasteiger partial charge in [0.05, 0.1) is 0 Å². The highest BCUT2D eigenvalue weighted by Gasteiger charge is 2.43. The number of hydrogen-bond acceptors (Lipinski definition) is 0. The Balaban J connectivity index is 2.16. The van der Waals surface area contributed by atoms with E-state index in [1.54, 1.807) is 0 Å². The molecule has 0 aromatic heterocycles. The number of rotatable bonds is 3. The zero-order valence-electron chi connectivity index (χ0n) is 8.56. The van der Waals surface area contributed by atoms with E-state index in [0.29, 0.717) is 6.42 Å². The molecule has 0 aliphatic heterocycles. The van der Waals surface area contributed by atoms with Crippen LogP contribution in [-0.2, 0) is 6.42 Å². The van der Waals surface area contributed by atoms with Crippen molar-refractivity contribution in [2.75, 3.05) is 0 Å². The lowest BCUT2D eigenvalue weighted by molar-refractivity contribution is 0.505. The zero-order chi connectivity index (χ0) is 11.1. The van der Waals surface area contributed by atoms with Gasteiger partial charge in [0.25, 0.3) is 0 Å². The maximum atomic E-state index is 13.4. The fraction of sp³-hybridized carbons (Fsp3) is 0.500. The fourth-order valence-corrected chi connectivity index (χ4v) is 2.44. The van der Waals surface area contributed by atoms with Gasteiger partial charge >= 0.3 is 0 Å². The van der Waals surface area contributed by atoms with Crippen molar-refractivity contribution in [2.24, 2.45) is 5.41 Å². The molecule has 1 unspecified atom stereocenters. The summed E-state index contributed by atoms with van der Waals surface area (Å²) in [5.41, 5.74) is 0.432. The summed E-state index contributed by atoms with van der Waals surface area (Å²) in [7, 11) is 0. The summed E-state index contributed by atoms with van der Waals surface area (Å²) >= 11 is 3.53. The van der Waals surface area contributed by atoms with E-state index in [4.69, 9.17) is 0 Å². The minimum Gasteiger partial charge on any atom is -0.207 e. The first kappa shape index (κ1) is 11.1. The molecule has 82 valence electrons. The van der Waals surface area contributed by atoms with Gasteiger partial charge in [-0.05, 0) is 36.8 Å². The van der Waals surface area contributed by atoms with Crippen LogP contribution in [0.4, 0.5) is 8.78 Å². The lowest BCUT2D eigenvalue weighted by Gasteiger charge is -2.17. The van der Waals surface area contributed by atoms with Gasteiger partial charge in [0, 0.05) is 10.4 Å². The van der Waals surface area contributed by atoms with Crippen molar-refractivity contribution in [1.29, 1.82) is 0 Å². The van der Waals surface area contributed by atoms with E-state index < -0.39 is 11.6 Å². The van der Waals surface area contributed by atoms with Gasteiger partial charge in [-0.3, -0.25) is 0 Å². The Morgan fingerprint density at radius 3 is 2.33 bits per heavy atom. The predicted octanol–water partition coefficient (Wildman–Crippen LogP) is 4.07. The Hall–Kier alpha value is -0.440. The highest BCUT2D eigenvalue weighted by molar-refractivity contribution is 9.09. The predicted molar refractivity (Wildman–Crippen MR) is 60.1 cm³/mol. The average molecular weight is 275 g/mol. The van der Waals surface area contributed by atoms with Crippen molar-refractivity contribution >= 4 is 15.9 Å². The van der Waals surface area contributed by atoms with E-state index in [1.807, 2.05) is 0 Å². The van der Waals surface area contributed by atoms with Crippen molar-refractivity contribution < 1.29 is 8.78 Å². The minimum atomic E-state index is -0.441. The molecule has 0 spiro atoms. The quantitative estimate of drug-likeness (QED) is 0.729. The lowest BCUT2D eigenvalue weighted by Crippen LogP contribution is -2.16. The monoisotopic (exact) mass is 274 g/mol. The minimum absolute atomic E-state index is 0.163. The van der Waals surface area contributed by atoms with Gasteiger partial charge in [0.1, 0.15) is 11.6 Å². The molecule has 0 saturated heterocycles. The van der Waals surface area contributed by atoms with Gasteiger partial charge in [0.15, 0.2) is 0 Å². The van der Waals surface area contributed by atoms with Crippen LogP contribution in [0.1, 0.15) is 25.3 Å². The molecule has 0 heterocycles. The SMILES string of the molecule is CC1(C(Br)Cc2c(F)cccc2F)CC1. The summed E-state index contributed by atoms with van der Waals surface area (Å²) in [6, 6.07) is 4.02. The summed E-state index contributed by atoms with van der Waals surface area (Å²) in [5.74, 6) is -0.882. The van der Waals surface area contributed by atoms with Gasteiger partial charge in [-0.25, -0.2) is 8.78 Å². The van der Waals surface area contributed by atoms with Crippen molar-refractivity contribution in [3.05, 3.63) is 35.4 Å². The maximum Gasteiger partial charge on any atom is 0.129 e. The van der Waals surface area contributed by atoms with Crippen LogP contribution >= 0.6 is 15.9 Å². The van der Waals surface area contributed by atoms with Crippen LogP contribution in [0.2, 0.25) is 0 Å². The smallest absolute Gasteiger partial charge is 0.129 e. The highest BCUT2D eigenvalue weighted by atomic mass is 79.9. The Labute approximate surface area is 96.8 Å². The van der Waals surface area contributed by atoms with Crippen LogP contribution < -0.4 is 0 Å². The van der Waals surface area contributed by atoms with Crippen LogP contribution in [0.3, 0.4) is 0 Å². The molecule has 1 aliphatic rings. The molecular weight excluding hydrogens is 262 g/mol. The fourth-order valence-electron chi connectivity index (χ4n) is 1.66. The van der Waals surface area contributed by atoms with Crippen molar-refractivity contribution in [1.82, 2.24) is 0 Å². The summed E-state index contributed by atoms with van der Waals surface area (Å²) in [6.07, 6.45) is 2.70. The molecule has 1 fully saturated rings. The van der Waals surface area contributed by atoms with Gasteiger partial charge in [-0.1, -0.05) is 28.9 Å². The van der Waals surface area contributed by atoms with E-state index in [0.717, 1.165) is 12.8 Å². The molecule has 0 N–H and O–H groups in total. The molecule has 15 heavy (non-hydrogen) atoms.